The van der Waals surface area contributed by atoms with Crippen LogP contribution in [0.25, 0.3) is 0 Å². The van der Waals surface area contributed by atoms with Crippen LogP contribution < -0.4 is 0 Å². The van der Waals surface area contributed by atoms with Crippen molar-refractivity contribution in [2.75, 3.05) is 6.54 Å². The fourth-order valence-electron chi connectivity index (χ4n) is 4.52. The van der Waals surface area contributed by atoms with Crippen LogP contribution in [0.3, 0.4) is 0 Å². The van der Waals surface area contributed by atoms with E-state index in [0.717, 1.165) is 25.9 Å². The highest BCUT2D eigenvalue weighted by atomic mass is 16.1. The first-order valence-electron chi connectivity index (χ1n) is 7.83. The van der Waals surface area contributed by atoms with Crippen LogP contribution >= 0.6 is 0 Å². The minimum absolute atomic E-state index is 0.0386. The number of ketones is 1. The third-order valence-electron chi connectivity index (χ3n) is 5.61. The minimum Gasteiger partial charge on any atom is -0.299 e. The number of likely N-dealkylation sites (tertiary alicyclic amines) is 1. The van der Waals surface area contributed by atoms with Gasteiger partial charge in [0.25, 0.3) is 0 Å². The normalized spacial score (nSPS) is 36.2. The number of nitrogens with zero attached hydrogens (tertiary/aromatic N) is 2. The quantitative estimate of drug-likeness (QED) is 0.837. The van der Waals surface area contributed by atoms with Gasteiger partial charge in [-0.15, -0.1) is 0 Å². The van der Waals surface area contributed by atoms with E-state index in [9.17, 15) is 10.1 Å². The van der Waals surface area contributed by atoms with Crippen molar-refractivity contribution in [2.45, 2.75) is 38.8 Å². The molecule has 1 spiro atoms. The summed E-state index contributed by atoms with van der Waals surface area (Å²) in [7, 11) is 0. The van der Waals surface area contributed by atoms with Gasteiger partial charge in [-0.3, -0.25) is 9.69 Å². The molecule has 3 nitrogen and oxygen atoms in total. The Morgan fingerprint density at radius 2 is 2.05 bits per heavy atom. The topological polar surface area (TPSA) is 44.1 Å². The lowest BCUT2D eigenvalue weighted by Gasteiger charge is -2.41. The zero-order valence-corrected chi connectivity index (χ0v) is 12.7. The van der Waals surface area contributed by atoms with Gasteiger partial charge >= 0.3 is 0 Å². The van der Waals surface area contributed by atoms with Crippen molar-refractivity contribution in [2.24, 2.45) is 17.8 Å². The summed E-state index contributed by atoms with van der Waals surface area (Å²) in [5.41, 5.74) is 1.01. The maximum absolute atomic E-state index is 12.5. The number of Topliss-reactive ketones (excluding diaryl/α,β-unsaturated/α-hetero) is 1. The van der Waals surface area contributed by atoms with E-state index in [1.54, 1.807) is 0 Å². The molecule has 1 aliphatic carbocycles. The molecule has 0 unspecified atom stereocenters. The average Bonchev–Trinajstić information content (AvgIpc) is 2.98. The van der Waals surface area contributed by atoms with E-state index < -0.39 is 0 Å². The summed E-state index contributed by atoms with van der Waals surface area (Å²) in [6.07, 6.45) is 2.05. The average molecular weight is 282 g/mol. The lowest BCUT2D eigenvalue weighted by Crippen LogP contribution is -2.51. The highest BCUT2D eigenvalue weighted by molar-refractivity contribution is 5.88. The Bertz CT molecular complexity index is 577. The Labute approximate surface area is 126 Å². The van der Waals surface area contributed by atoms with Gasteiger partial charge in [-0.1, -0.05) is 44.2 Å². The molecule has 110 valence electrons. The first kappa shape index (κ1) is 14.3. The Hall–Kier alpha value is -1.66. The van der Waals surface area contributed by atoms with Gasteiger partial charge in [0.15, 0.2) is 0 Å². The lowest BCUT2D eigenvalue weighted by atomic mass is 9.78. The smallest absolute Gasteiger partial charge is 0.141 e. The molecule has 1 saturated carbocycles. The van der Waals surface area contributed by atoms with E-state index in [4.69, 9.17) is 0 Å². The third kappa shape index (κ3) is 2.01. The molecular weight excluding hydrogens is 260 g/mol. The van der Waals surface area contributed by atoms with E-state index in [-0.39, 0.29) is 29.1 Å². The molecule has 3 heteroatoms. The van der Waals surface area contributed by atoms with E-state index >= 15 is 0 Å². The Balaban J connectivity index is 1.95. The number of rotatable bonds is 2. The Morgan fingerprint density at radius 3 is 2.71 bits per heavy atom. The number of carbonyl (C=O) groups excluding carboxylic acids is 1. The van der Waals surface area contributed by atoms with Gasteiger partial charge in [0.1, 0.15) is 5.78 Å². The molecule has 21 heavy (non-hydrogen) atoms. The summed E-state index contributed by atoms with van der Waals surface area (Å²) >= 11 is 0. The number of hydrogen-bond donors (Lipinski definition) is 0. The molecule has 1 heterocycles. The van der Waals surface area contributed by atoms with Crippen LogP contribution in [0.2, 0.25) is 0 Å². The number of benzene rings is 1. The molecule has 0 N–H and O–H groups in total. The summed E-state index contributed by atoms with van der Waals surface area (Å²) in [6.45, 7) is 5.78. The van der Waals surface area contributed by atoms with E-state index in [1.165, 1.54) is 5.56 Å². The molecule has 0 bridgehead atoms. The van der Waals surface area contributed by atoms with Crippen LogP contribution in [-0.4, -0.2) is 22.8 Å². The number of nitriles is 1. The van der Waals surface area contributed by atoms with Crippen LogP contribution in [0.5, 0.6) is 0 Å². The molecule has 1 aromatic rings. The summed E-state index contributed by atoms with van der Waals surface area (Å²) in [4.78, 5) is 14.9. The van der Waals surface area contributed by atoms with Gasteiger partial charge in [0.2, 0.25) is 0 Å². The predicted octanol–water partition coefficient (Wildman–Crippen LogP) is 3.02. The molecule has 4 atom stereocenters. The maximum atomic E-state index is 12.5. The third-order valence-corrected chi connectivity index (χ3v) is 5.61. The minimum atomic E-state index is -0.249. The fraction of sp³-hybridized carbons (Fsp3) is 0.556. The SMILES string of the molecule is C[C@H]1C(=O)[C@H](C)[C@]2(CCCN2Cc2ccccc2)[C@@H]1C#N. The van der Waals surface area contributed by atoms with Gasteiger partial charge < -0.3 is 0 Å². The van der Waals surface area contributed by atoms with Crippen molar-refractivity contribution in [3.05, 3.63) is 35.9 Å². The summed E-state index contributed by atoms with van der Waals surface area (Å²) < 4.78 is 0. The molecule has 0 amide bonds. The molecule has 3 rings (SSSR count). The lowest BCUT2D eigenvalue weighted by molar-refractivity contribution is -0.124. The first-order chi connectivity index (χ1) is 10.1. The molecule has 1 aliphatic heterocycles. The molecule has 2 aliphatic rings. The number of hydrogen-bond acceptors (Lipinski definition) is 3. The van der Waals surface area contributed by atoms with Crippen molar-refractivity contribution in [1.29, 1.82) is 5.26 Å². The fourth-order valence-corrected chi connectivity index (χ4v) is 4.52. The second kappa shape index (κ2) is 5.27. The van der Waals surface area contributed by atoms with Crippen LogP contribution in [0.1, 0.15) is 32.3 Å². The predicted molar refractivity (Wildman–Crippen MR) is 81.3 cm³/mol. The van der Waals surface area contributed by atoms with Crippen molar-refractivity contribution in [1.82, 2.24) is 4.90 Å². The number of carbonyl (C=O) groups is 1. The van der Waals surface area contributed by atoms with Crippen LogP contribution in [0, 0.1) is 29.1 Å². The van der Waals surface area contributed by atoms with Crippen LogP contribution in [0.15, 0.2) is 30.3 Å². The standard InChI is InChI=1S/C18H22N2O/c1-13-16(11-19)18(14(2)17(13)21)9-6-10-20(18)12-15-7-4-3-5-8-15/h3-5,7-8,13-14,16H,6,9-10,12H2,1-2H3/t13-,14+,16-,18-/m1/s1. The second-order valence-corrected chi connectivity index (χ2v) is 6.52. The maximum Gasteiger partial charge on any atom is 0.141 e. The Kier molecular flexibility index (Phi) is 3.59. The molecule has 0 aromatic heterocycles. The van der Waals surface area contributed by atoms with Gasteiger partial charge in [-0.25, -0.2) is 0 Å². The molecule has 1 aromatic carbocycles. The molecule has 0 radical (unpaired) electrons. The van der Waals surface area contributed by atoms with Crippen molar-refractivity contribution in [3.63, 3.8) is 0 Å². The monoisotopic (exact) mass is 282 g/mol. The van der Waals surface area contributed by atoms with Crippen molar-refractivity contribution >= 4 is 5.78 Å². The van der Waals surface area contributed by atoms with Crippen LogP contribution in [-0.2, 0) is 11.3 Å². The van der Waals surface area contributed by atoms with Gasteiger partial charge in [0.05, 0.1) is 12.0 Å². The molecular formula is C18H22N2O. The van der Waals surface area contributed by atoms with Crippen molar-refractivity contribution in [3.8, 4) is 6.07 Å². The zero-order valence-electron chi connectivity index (χ0n) is 12.7. The highest BCUT2D eigenvalue weighted by Gasteiger charge is 2.61. The summed E-state index contributed by atoms with van der Waals surface area (Å²) in [6, 6.07) is 12.8. The van der Waals surface area contributed by atoms with Gasteiger partial charge in [-0.05, 0) is 24.9 Å². The van der Waals surface area contributed by atoms with E-state index in [2.05, 4.69) is 23.1 Å². The van der Waals surface area contributed by atoms with E-state index in [1.807, 2.05) is 32.0 Å². The Morgan fingerprint density at radius 1 is 1.33 bits per heavy atom. The second-order valence-electron chi connectivity index (χ2n) is 6.52. The largest absolute Gasteiger partial charge is 0.299 e. The van der Waals surface area contributed by atoms with Crippen LogP contribution in [0.4, 0.5) is 0 Å². The van der Waals surface area contributed by atoms with Crippen molar-refractivity contribution < 1.29 is 4.79 Å². The highest BCUT2D eigenvalue weighted by Crippen LogP contribution is 2.51. The van der Waals surface area contributed by atoms with Gasteiger partial charge in [0, 0.05) is 23.9 Å². The summed E-state index contributed by atoms with van der Waals surface area (Å²) in [5.74, 6) is -0.0857. The summed E-state index contributed by atoms with van der Waals surface area (Å²) in [5, 5.41) is 9.65. The molecule has 1 saturated heterocycles. The first-order valence-corrected chi connectivity index (χ1v) is 7.83. The van der Waals surface area contributed by atoms with Gasteiger partial charge in [-0.2, -0.15) is 5.26 Å². The zero-order chi connectivity index (χ0) is 15.0. The van der Waals surface area contributed by atoms with E-state index in [0.29, 0.717) is 0 Å². The molecule has 2 fully saturated rings.